The van der Waals surface area contributed by atoms with Crippen LogP contribution in [-0.4, -0.2) is 3.21 Å². The molecule has 2 aliphatic rings. The van der Waals surface area contributed by atoms with Crippen molar-refractivity contribution in [2.75, 3.05) is 0 Å². The molecular formula is C54H68Cl4Zr. The van der Waals surface area contributed by atoms with Gasteiger partial charge in [0.05, 0.1) is 0 Å². The van der Waals surface area contributed by atoms with E-state index in [0.29, 0.717) is 5.92 Å². The average Bonchev–Trinajstić information content (AvgIpc) is 3.66. The summed E-state index contributed by atoms with van der Waals surface area (Å²) in [4.78, 5) is 0. The van der Waals surface area contributed by atoms with Gasteiger partial charge < -0.3 is 24.8 Å². The third kappa shape index (κ3) is 10.2. The largest absolute Gasteiger partial charge is 1.00 e. The van der Waals surface area contributed by atoms with E-state index in [-0.39, 0.29) is 51.9 Å². The molecule has 0 saturated heterocycles. The fourth-order valence-electron chi connectivity index (χ4n) is 9.33. The summed E-state index contributed by atoms with van der Waals surface area (Å²) in [6.45, 7) is 38.5. The van der Waals surface area contributed by atoms with Gasteiger partial charge in [-0.2, -0.15) is 0 Å². The molecule has 0 aliphatic heterocycles. The first kappa shape index (κ1) is 49.9. The van der Waals surface area contributed by atoms with Gasteiger partial charge in [0.15, 0.2) is 0 Å². The summed E-state index contributed by atoms with van der Waals surface area (Å²) < 4.78 is 4.82. The Balaban J connectivity index is 0.00000384. The van der Waals surface area contributed by atoms with Gasteiger partial charge >= 0.3 is 367 Å². The van der Waals surface area contributed by atoms with E-state index in [1.54, 1.807) is 17.7 Å². The minimum absolute atomic E-state index is 0. The average molecular weight is 950 g/mol. The van der Waals surface area contributed by atoms with Gasteiger partial charge in [-0.15, -0.1) is 0 Å². The molecule has 0 heterocycles. The third-order valence-corrected chi connectivity index (χ3v) is 20.5. The standard InChI is InChI=1S/C29H41.C13H8Cl2.C12H19.2ClH.Zr/c1-26(2,3)22-14-18-13-19-15-23(27(4,5)6)25(29(10,11)12)17-21(19)20(18)16-24(22)28(7,8)9;14-12-5-1-3-10(8-12)7-11-4-2-6-13(15)9-11;1-5-6-10-7-8-11(9-10)12(2,3)4;;;/h14,16-17H,13H2,1-12H3;1-6,8-9H;8-10H,5-6H2,1-4H3;2*1H;/q;;;;;+2/p-2. The molecule has 4 aromatic rings. The molecule has 6 rings (SSSR count). The van der Waals surface area contributed by atoms with E-state index in [4.69, 9.17) is 23.2 Å². The van der Waals surface area contributed by atoms with Gasteiger partial charge in [-0.3, -0.25) is 0 Å². The van der Waals surface area contributed by atoms with Crippen molar-refractivity contribution in [1.82, 2.24) is 0 Å². The van der Waals surface area contributed by atoms with Crippen molar-refractivity contribution >= 4 is 29.7 Å². The summed E-state index contributed by atoms with van der Waals surface area (Å²) in [7, 11) is 0. The van der Waals surface area contributed by atoms with Gasteiger partial charge in [0, 0.05) is 0 Å². The molecule has 0 amide bonds. The molecule has 1 unspecified atom stereocenters. The van der Waals surface area contributed by atoms with E-state index < -0.39 is 21.3 Å². The van der Waals surface area contributed by atoms with Gasteiger partial charge in [-0.05, 0) is 0 Å². The fourth-order valence-corrected chi connectivity index (χ4v) is 19.3. The van der Waals surface area contributed by atoms with Crippen LogP contribution in [0.3, 0.4) is 0 Å². The molecule has 0 bridgehead atoms. The van der Waals surface area contributed by atoms with Crippen LogP contribution in [0.2, 0.25) is 10.0 Å². The Hall–Kier alpha value is -1.73. The quantitative estimate of drug-likeness (QED) is 0.159. The van der Waals surface area contributed by atoms with E-state index in [1.165, 1.54) is 53.3 Å². The van der Waals surface area contributed by atoms with Crippen molar-refractivity contribution in [3.05, 3.63) is 142 Å². The zero-order valence-electron chi connectivity index (χ0n) is 38.7. The van der Waals surface area contributed by atoms with Crippen LogP contribution in [0.15, 0.2) is 87.7 Å². The van der Waals surface area contributed by atoms with Gasteiger partial charge in [0.1, 0.15) is 0 Å². The van der Waals surface area contributed by atoms with Crippen LogP contribution in [-0.2, 0) is 49.3 Å². The Labute approximate surface area is 389 Å². The predicted octanol–water partition coefficient (Wildman–Crippen LogP) is 9.56. The molecule has 0 N–H and O–H groups in total. The zero-order chi connectivity index (χ0) is 42.2. The maximum atomic E-state index is 6.98. The Morgan fingerprint density at radius 2 is 1.10 bits per heavy atom. The molecule has 0 radical (unpaired) electrons. The second-order valence-electron chi connectivity index (χ2n) is 22.1. The summed E-state index contributed by atoms with van der Waals surface area (Å²) >= 11 is 10.7. The van der Waals surface area contributed by atoms with Crippen LogP contribution in [0.5, 0.6) is 0 Å². The number of hydrogen-bond donors (Lipinski definition) is 0. The second-order valence-corrected chi connectivity index (χ2v) is 28.7. The third-order valence-electron chi connectivity index (χ3n) is 12.1. The molecular weight excluding hydrogens is 882 g/mol. The Kier molecular flexibility index (Phi) is 15.1. The maximum absolute atomic E-state index is 6.98. The van der Waals surface area contributed by atoms with Crippen molar-refractivity contribution in [3.8, 4) is 11.1 Å². The van der Waals surface area contributed by atoms with Gasteiger partial charge in [0.25, 0.3) is 0 Å². The maximum Gasteiger partial charge on any atom is -1.00 e. The zero-order valence-corrected chi connectivity index (χ0v) is 44.2. The molecule has 316 valence electrons. The first-order valence-electron chi connectivity index (χ1n) is 21.3. The SMILES string of the molecule is CCCC1C=C(C(C)(C)C)C=[C]1[Zr+2](=[C](c1cccc(Cl)c1)c1cccc(Cl)c1)[c]1c2c(cc(C(C)(C)C)c1C(C)(C)C)-c1cc(C(C)(C)C)c(C(C)(C)C)cc1C2.[Cl-].[Cl-]. The number of allylic oxidation sites excluding steroid dienone is 4. The number of rotatable bonds is 6. The van der Waals surface area contributed by atoms with Crippen molar-refractivity contribution in [3.63, 3.8) is 0 Å². The van der Waals surface area contributed by atoms with Crippen LogP contribution in [0.25, 0.3) is 11.1 Å². The molecule has 4 aromatic carbocycles. The van der Waals surface area contributed by atoms with Crippen molar-refractivity contribution < 1.29 is 46.1 Å². The first-order valence-corrected chi connectivity index (χ1v) is 25.8. The Bertz CT molecular complexity index is 2270. The van der Waals surface area contributed by atoms with Crippen molar-refractivity contribution in [2.45, 2.75) is 152 Å². The van der Waals surface area contributed by atoms with Crippen LogP contribution in [0, 0.1) is 11.3 Å². The second kappa shape index (κ2) is 17.8. The van der Waals surface area contributed by atoms with E-state index in [1.807, 2.05) is 12.1 Å². The molecule has 2 aliphatic carbocycles. The molecule has 5 heteroatoms. The molecule has 0 nitrogen and oxygen atoms in total. The predicted molar refractivity (Wildman–Crippen MR) is 249 cm³/mol. The van der Waals surface area contributed by atoms with E-state index >= 15 is 0 Å². The summed E-state index contributed by atoms with van der Waals surface area (Å²) in [6.07, 6.45) is 8.57. The number of fused-ring (bicyclic) bond motifs is 3. The minimum Gasteiger partial charge on any atom is -1.00 e. The number of halogens is 4. The smallest absolute Gasteiger partial charge is 1.00 e. The topological polar surface area (TPSA) is 0 Å². The minimum atomic E-state index is -3.31. The number of benzene rings is 4. The summed E-state index contributed by atoms with van der Waals surface area (Å²) in [6, 6.07) is 25.3. The van der Waals surface area contributed by atoms with E-state index in [2.05, 4.69) is 178 Å². The molecule has 0 spiro atoms. The van der Waals surface area contributed by atoms with Crippen molar-refractivity contribution in [1.29, 1.82) is 0 Å². The van der Waals surface area contributed by atoms with Crippen LogP contribution >= 0.6 is 23.2 Å². The summed E-state index contributed by atoms with van der Waals surface area (Å²) in [5.41, 5.74) is 15.7. The fraction of sp³-hybridized carbons (Fsp3) is 0.463. The van der Waals surface area contributed by atoms with E-state index in [9.17, 15) is 0 Å². The Morgan fingerprint density at radius 1 is 0.610 bits per heavy atom. The van der Waals surface area contributed by atoms with E-state index in [0.717, 1.165) is 29.3 Å². The van der Waals surface area contributed by atoms with Gasteiger partial charge in [-0.1, -0.05) is 0 Å². The molecule has 1 atom stereocenters. The molecule has 59 heavy (non-hydrogen) atoms. The summed E-state index contributed by atoms with van der Waals surface area (Å²) in [5.74, 6) is 0.387. The normalized spacial score (nSPS) is 15.3. The monoisotopic (exact) mass is 946 g/mol. The van der Waals surface area contributed by atoms with Crippen LogP contribution in [0.4, 0.5) is 0 Å². The van der Waals surface area contributed by atoms with Gasteiger partial charge in [0.2, 0.25) is 0 Å². The van der Waals surface area contributed by atoms with Crippen LogP contribution in [0.1, 0.15) is 168 Å². The van der Waals surface area contributed by atoms with Gasteiger partial charge in [-0.25, -0.2) is 0 Å². The molecule has 0 fully saturated rings. The first-order chi connectivity index (χ1) is 26.2. The molecule has 0 aromatic heterocycles. The van der Waals surface area contributed by atoms with Crippen LogP contribution < -0.4 is 28.1 Å². The van der Waals surface area contributed by atoms with Crippen molar-refractivity contribution in [2.24, 2.45) is 11.3 Å². The number of hydrogen-bond acceptors (Lipinski definition) is 0. The Morgan fingerprint density at radius 3 is 1.54 bits per heavy atom. The summed E-state index contributed by atoms with van der Waals surface area (Å²) in [5, 5.41) is 1.55. The molecule has 0 saturated carbocycles.